The molecule has 10 atom stereocenters. The number of carbonyl (C=O) groups excluding carboxylic acids is 1. The van der Waals surface area contributed by atoms with Gasteiger partial charge in [-0.1, -0.05) is 88.5 Å². The molecule has 4 aliphatic carbocycles. The van der Waals surface area contributed by atoms with Gasteiger partial charge in [-0.05, 0) is 149 Å². The van der Waals surface area contributed by atoms with Crippen LogP contribution < -0.4 is 0 Å². The van der Waals surface area contributed by atoms with Crippen molar-refractivity contribution in [2.45, 2.75) is 155 Å². The molecule has 0 saturated heterocycles. The molecule has 5 heteroatoms. The molecule has 4 fully saturated rings. The van der Waals surface area contributed by atoms with Crippen LogP contribution in [0.15, 0.2) is 60.8 Å². The molecular formula is C44H68O5. The Hall–Kier alpha value is -2.40. The quantitative estimate of drug-likeness (QED) is 0.0857. The Morgan fingerprint density at radius 3 is 2.06 bits per heavy atom. The van der Waals surface area contributed by atoms with Crippen LogP contribution in [-0.4, -0.2) is 34.4 Å². The third-order valence-electron chi connectivity index (χ3n) is 13.5. The van der Waals surface area contributed by atoms with E-state index in [1.165, 1.54) is 12.8 Å². The van der Waals surface area contributed by atoms with E-state index in [0.29, 0.717) is 48.3 Å². The predicted octanol–water partition coefficient (Wildman–Crippen LogP) is 11.0. The van der Waals surface area contributed by atoms with Gasteiger partial charge in [0, 0.05) is 12.8 Å². The maximum absolute atomic E-state index is 12.8. The molecule has 4 aliphatic rings. The summed E-state index contributed by atoms with van der Waals surface area (Å²) in [6.45, 7) is 9.18. The van der Waals surface area contributed by atoms with Gasteiger partial charge in [-0.25, -0.2) is 0 Å². The average Bonchev–Trinajstić information content (AvgIpc) is 3.44. The minimum Gasteiger partial charge on any atom is -0.481 e. The number of carbonyl (C=O) groups is 2. The minimum atomic E-state index is -0.718. The van der Waals surface area contributed by atoms with Crippen molar-refractivity contribution in [1.29, 1.82) is 0 Å². The Balaban J connectivity index is 1.14. The second kappa shape index (κ2) is 19.3. The first kappa shape index (κ1) is 39.4. The lowest BCUT2D eigenvalue weighted by molar-refractivity contribution is -0.181. The molecule has 0 spiro atoms. The van der Waals surface area contributed by atoms with Crippen LogP contribution in [0.25, 0.3) is 0 Å². The van der Waals surface area contributed by atoms with Gasteiger partial charge in [-0.3, -0.25) is 9.59 Å². The summed E-state index contributed by atoms with van der Waals surface area (Å²) in [6.07, 6.45) is 38.4. The molecule has 5 nitrogen and oxygen atoms in total. The van der Waals surface area contributed by atoms with Crippen LogP contribution in [0.2, 0.25) is 0 Å². The number of hydrogen-bond acceptors (Lipinski definition) is 4. The number of allylic oxidation sites excluding steroid dienone is 10. The van der Waals surface area contributed by atoms with E-state index in [0.717, 1.165) is 83.5 Å². The molecular weight excluding hydrogens is 608 g/mol. The van der Waals surface area contributed by atoms with Crippen LogP contribution in [0.1, 0.15) is 143 Å². The fraction of sp³-hybridized carbons (Fsp3) is 0.727. The molecule has 2 N–H and O–H groups in total. The van der Waals surface area contributed by atoms with Crippen molar-refractivity contribution in [1.82, 2.24) is 0 Å². The number of aliphatic carboxylic acids is 1. The van der Waals surface area contributed by atoms with E-state index in [9.17, 15) is 19.8 Å². The second-order valence-electron chi connectivity index (χ2n) is 16.4. The molecule has 0 amide bonds. The van der Waals surface area contributed by atoms with Gasteiger partial charge in [0.25, 0.3) is 0 Å². The number of rotatable bonds is 18. The average molecular weight is 677 g/mol. The van der Waals surface area contributed by atoms with Gasteiger partial charge in [-0.15, -0.1) is 0 Å². The Bertz CT molecular complexity index is 1200. The maximum Gasteiger partial charge on any atom is 0.306 e. The van der Waals surface area contributed by atoms with Crippen LogP contribution in [-0.2, 0) is 14.3 Å². The molecule has 274 valence electrons. The lowest BCUT2D eigenvalue weighted by atomic mass is 9.43. The number of esters is 1. The summed E-state index contributed by atoms with van der Waals surface area (Å²) in [5, 5.41) is 21.1. The minimum absolute atomic E-state index is 0.0283. The molecule has 0 heterocycles. The number of aliphatic hydroxyl groups is 1. The van der Waals surface area contributed by atoms with E-state index in [-0.39, 0.29) is 35.4 Å². The molecule has 10 unspecified atom stereocenters. The zero-order valence-corrected chi connectivity index (χ0v) is 31.2. The van der Waals surface area contributed by atoms with Gasteiger partial charge < -0.3 is 14.9 Å². The normalized spacial score (nSPS) is 35.3. The summed E-state index contributed by atoms with van der Waals surface area (Å²) < 4.78 is 6.06. The third kappa shape index (κ3) is 10.3. The lowest BCUT2D eigenvalue weighted by Crippen LogP contribution is -2.59. The molecule has 0 aromatic heterocycles. The SMILES string of the molecule is CC/C=C\C/C=C\C/C=C\C/C=C\C/C=C\CCCC(=O)OC1CCC2(C)C(CCC3C2CC(O)C2(C)C(C(C)CCC(=O)O)CCC32)C1. The van der Waals surface area contributed by atoms with Gasteiger partial charge in [0.05, 0.1) is 6.10 Å². The van der Waals surface area contributed by atoms with Crippen LogP contribution in [0.4, 0.5) is 0 Å². The van der Waals surface area contributed by atoms with Crippen molar-refractivity contribution < 1.29 is 24.5 Å². The smallest absolute Gasteiger partial charge is 0.306 e. The highest BCUT2D eigenvalue weighted by atomic mass is 16.5. The second-order valence-corrected chi connectivity index (χ2v) is 16.4. The molecule has 4 saturated carbocycles. The van der Waals surface area contributed by atoms with E-state index < -0.39 is 5.97 Å². The molecule has 0 bridgehead atoms. The van der Waals surface area contributed by atoms with Crippen molar-refractivity contribution in [3.05, 3.63) is 60.8 Å². The number of fused-ring (bicyclic) bond motifs is 5. The molecule has 0 aromatic carbocycles. The van der Waals surface area contributed by atoms with E-state index >= 15 is 0 Å². The maximum atomic E-state index is 12.8. The number of carboxylic acid groups (broad SMARTS) is 1. The Labute approximate surface area is 298 Å². The first-order valence-corrected chi connectivity index (χ1v) is 20.0. The Morgan fingerprint density at radius 1 is 0.796 bits per heavy atom. The van der Waals surface area contributed by atoms with Crippen molar-refractivity contribution >= 4 is 11.9 Å². The first-order chi connectivity index (χ1) is 23.6. The van der Waals surface area contributed by atoms with Gasteiger partial charge >= 0.3 is 11.9 Å². The standard InChI is InChI=1S/C44H68O5/c1-5-6-7-8-9-10-11-12-13-14-15-16-17-18-19-20-21-22-42(48)49-35-29-30-43(3)34(31-35)24-25-36-38-27-26-37(33(2)23-28-41(46)47)44(38,4)40(45)32-39(36)43/h6-7,9-10,12-13,15-16,18-19,33-40,45H,5,8,11,14,17,20-32H2,1-4H3,(H,46,47)/b7-6-,10-9-,13-12-,16-15-,19-18-. The summed E-state index contributed by atoms with van der Waals surface area (Å²) in [5.74, 6) is 2.18. The first-order valence-electron chi connectivity index (χ1n) is 20.0. The number of aliphatic hydroxyl groups excluding tert-OH is 1. The van der Waals surface area contributed by atoms with Crippen molar-refractivity contribution in [3.8, 4) is 0 Å². The van der Waals surface area contributed by atoms with Crippen LogP contribution in [0.5, 0.6) is 0 Å². The topological polar surface area (TPSA) is 83.8 Å². The highest BCUT2D eigenvalue weighted by Crippen LogP contribution is 2.68. The van der Waals surface area contributed by atoms with Gasteiger partial charge in [0.2, 0.25) is 0 Å². The van der Waals surface area contributed by atoms with Gasteiger partial charge in [0.1, 0.15) is 6.10 Å². The number of unbranched alkanes of at least 4 members (excludes halogenated alkanes) is 1. The molecule has 0 radical (unpaired) electrons. The van der Waals surface area contributed by atoms with Crippen molar-refractivity contribution in [2.24, 2.45) is 46.3 Å². The Kier molecular flexibility index (Phi) is 15.5. The lowest BCUT2D eigenvalue weighted by Gasteiger charge is -2.62. The van der Waals surface area contributed by atoms with Crippen molar-refractivity contribution in [2.75, 3.05) is 0 Å². The number of hydrogen-bond donors (Lipinski definition) is 2. The molecule has 4 rings (SSSR count). The van der Waals surface area contributed by atoms with Gasteiger partial charge in [0.15, 0.2) is 0 Å². The number of ether oxygens (including phenoxy) is 1. The van der Waals surface area contributed by atoms with Crippen LogP contribution in [0, 0.1) is 46.3 Å². The monoisotopic (exact) mass is 677 g/mol. The summed E-state index contributed by atoms with van der Waals surface area (Å²) in [5.41, 5.74) is 0.0846. The highest BCUT2D eigenvalue weighted by molar-refractivity contribution is 5.69. The number of carboxylic acids is 1. The van der Waals surface area contributed by atoms with Gasteiger partial charge in [-0.2, -0.15) is 0 Å². The van der Waals surface area contributed by atoms with E-state index in [4.69, 9.17) is 4.74 Å². The summed E-state index contributed by atoms with van der Waals surface area (Å²) in [7, 11) is 0. The van der Waals surface area contributed by atoms with Crippen LogP contribution in [0.3, 0.4) is 0 Å². The zero-order chi connectivity index (χ0) is 35.3. The summed E-state index contributed by atoms with van der Waals surface area (Å²) >= 11 is 0. The van der Waals surface area contributed by atoms with Crippen LogP contribution >= 0.6 is 0 Å². The van der Waals surface area contributed by atoms with E-state index in [1.807, 2.05) is 0 Å². The predicted molar refractivity (Wildman–Crippen MR) is 201 cm³/mol. The van der Waals surface area contributed by atoms with E-state index in [1.54, 1.807) is 0 Å². The summed E-state index contributed by atoms with van der Waals surface area (Å²) in [4.78, 5) is 24.0. The summed E-state index contributed by atoms with van der Waals surface area (Å²) in [6, 6.07) is 0. The van der Waals surface area contributed by atoms with E-state index in [2.05, 4.69) is 88.5 Å². The largest absolute Gasteiger partial charge is 0.481 e. The molecule has 49 heavy (non-hydrogen) atoms. The Morgan fingerprint density at radius 2 is 1.43 bits per heavy atom. The fourth-order valence-corrected chi connectivity index (χ4v) is 10.8. The fourth-order valence-electron chi connectivity index (χ4n) is 10.8. The zero-order valence-electron chi connectivity index (χ0n) is 31.2. The molecule has 0 aromatic rings. The highest BCUT2D eigenvalue weighted by Gasteiger charge is 2.63. The molecule has 0 aliphatic heterocycles. The third-order valence-corrected chi connectivity index (χ3v) is 13.5. The van der Waals surface area contributed by atoms with Crippen molar-refractivity contribution in [3.63, 3.8) is 0 Å².